The number of nitrogens with zero attached hydrogens (tertiary/aromatic N) is 2. The maximum Gasteiger partial charge on any atom is 0.315 e. The lowest BCUT2D eigenvalue weighted by Gasteiger charge is -1.97. The molecule has 0 radical (unpaired) electrons. The molecule has 0 aromatic carbocycles. The van der Waals surface area contributed by atoms with Gasteiger partial charge < -0.3 is 14.5 Å². The summed E-state index contributed by atoms with van der Waals surface area (Å²) in [5, 5.41) is 10.5. The van der Waals surface area contributed by atoms with Gasteiger partial charge in [-0.1, -0.05) is 5.10 Å². The van der Waals surface area contributed by atoms with Crippen LogP contribution in [-0.4, -0.2) is 36.3 Å². The van der Waals surface area contributed by atoms with Crippen molar-refractivity contribution in [2.75, 3.05) is 31.5 Å². The van der Waals surface area contributed by atoms with Gasteiger partial charge >= 0.3 is 6.01 Å². The van der Waals surface area contributed by atoms with Gasteiger partial charge in [0.2, 0.25) is 5.89 Å². The minimum atomic E-state index is 0.414. The summed E-state index contributed by atoms with van der Waals surface area (Å²) in [5.74, 6) is 1.04. The van der Waals surface area contributed by atoms with E-state index in [1.807, 2.05) is 0 Å². The van der Waals surface area contributed by atoms with Gasteiger partial charge in [0.15, 0.2) is 0 Å². The number of methoxy groups -OCH3 is 1. The predicted molar refractivity (Wildman–Crippen MR) is 49.1 cm³/mol. The van der Waals surface area contributed by atoms with Crippen LogP contribution in [0.4, 0.5) is 6.01 Å². The molecule has 74 valence electrons. The van der Waals surface area contributed by atoms with Crippen LogP contribution in [0.1, 0.15) is 5.89 Å². The molecule has 6 heteroatoms. The molecule has 0 saturated heterocycles. The van der Waals surface area contributed by atoms with Crippen molar-refractivity contribution in [3.05, 3.63) is 5.89 Å². The Morgan fingerprint density at radius 2 is 2.38 bits per heavy atom. The van der Waals surface area contributed by atoms with E-state index in [4.69, 9.17) is 20.8 Å². The Morgan fingerprint density at radius 1 is 1.54 bits per heavy atom. The maximum atomic E-state index is 5.50. The summed E-state index contributed by atoms with van der Waals surface area (Å²) in [5.41, 5.74) is 0. The fraction of sp³-hybridized carbons (Fsp3) is 0.714. The number of hydrogen-bond acceptors (Lipinski definition) is 5. The zero-order valence-corrected chi connectivity index (χ0v) is 8.17. The first-order valence-electron chi connectivity index (χ1n) is 3.98. The molecule has 1 rings (SSSR count). The van der Waals surface area contributed by atoms with Crippen molar-refractivity contribution in [2.45, 2.75) is 6.42 Å². The summed E-state index contributed by atoms with van der Waals surface area (Å²) < 4.78 is 10.0. The molecule has 1 heterocycles. The van der Waals surface area contributed by atoms with Crippen molar-refractivity contribution in [2.24, 2.45) is 0 Å². The van der Waals surface area contributed by atoms with E-state index in [1.165, 1.54) is 0 Å². The Kier molecular flexibility index (Phi) is 4.56. The molecule has 0 aliphatic carbocycles. The molecule has 0 bridgehead atoms. The molecular formula is C7H12ClN3O2. The quantitative estimate of drug-likeness (QED) is 0.553. The van der Waals surface area contributed by atoms with Crippen molar-refractivity contribution in [3.63, 3.8) is 0 Å². The van der Waals surface area contributed by atoms with E-state index in [0.717, 1.165) is 0 Å². The number of ether oxygens (including phenoxy) is 1. The van der Waals surface area contributed by atoms with Crippen LogP contribution < -0.4 is 5.32 Å². The minimum Gasteiger partial charge on any atom is -0.408 e. The van der Waals surface area contributed by atoms with Crippen molar-refractivity contribution in [1.82, 2.24) is 10.2 Å². The Morgan fingerprint density at radius 3 is 3.08 bits per heavy atom. The highest BCUT2D eigenvalue weighted by molar-refractivity contribution is 6.17. The van der Waals surface area contributed by atoms with Crippen molar-refractivity contribution < 1.29 is 9.15 Å². The van der Waals surface area contributed by atoms with E-state index in [-0.39, 0.29) is 0 Å². The van der Waals surface area contributed by atoms with Crippen molar-refractivity contribution in [1.29, 1.82) is 0 Å². The predicted octanol–water partition coefficient (Wildman–Crippen LogP) is 0.909. The molecule has 0 atom stereocenters. The molecule has 1 aromatic heterocycles. The normalized spacial score (nSPS) is 10.3. The SMILES string of the molecule is COCCNc1nnc(CCCl)o1. The van der Waals surface area contributed by atoms with E-state index in [9.17, 15) is 0 Å². The third kappa shape index (κ3) is 3.61. The Balaban J connectivity index is 2.31. The molecule has 0 fully saturated rings. The Labute approximate surface area is 81.4 Å². The Hall–Kier alpha value is -0.810. The molecular weight excluding hydrogens is 194 g/mol. The monoisotopic (exact) mass is 205 g/mol. The summed E-state index contributed by atoms with van der Waals surface area (Å²) >= 11 is 5.50. The van der Waals surface area contributed by atoms with Gasteiger partial charge in [-0.25, -0.2) is 0 Å². The fourth-order valence-electron chi connectivity index (χ4n) is 0.767. The van der Waals surface area contributed by atoms with Gasteiger partial charge in [0.25, 0.3) is 0 Å². The second-order valence-corrected chi connectivity index (χ2v) is 2.74. The van der Waals surface area contributed by atoms with Crippen LogP contribution in [-0.2, 0) is 11.2 Å². The molecule has 5 nitrogen and oxygen atoms in total. The average Bonchev–Trinajstić information content (AvgIpc) is 2.54. The van der Waals surface area contributed by atoms with Crippen LogP contribution in [0.3, 0.4) is 0 Å². The summed E-state index contributed by atoms with van der Waals surface area (Å²) in [6, 6.07) is 0.414. The summed E-state index contributed by atoms with van der Waals surface area (Å²) in [7, 11) is 1.63. The topological polar surface area (TPSA) is 60.2 Å². The number of halogens is 1. The molecule has 0 aliphatic heterocycles. The van der Waals surface area contributed by atoms with E-state index in [1.54, 1.807) is 7.11 Å². The zero-order valence-electron chi connectivity index (χ0n) is 7.42. The van der Waals surface area contributed by atoms with Crippen molar-refractivity contribution >= 4 is 17.6 Å². The van der Waals surface area contributed by atoms with Gasteiger partial charge in [0.05, 0.1) is 6.61 Å². The molecule has 0 saturated carbocycles. The number of anilines is 1. The first-order chi connectivity index (χ1) is 6.36. The minimum absolute atomic E-state index is 0.414. The summed E-state index contributed by atoms with van der Waals surface area (Å²) in [6.45, 7) is 1.26. The number of alkyl halides is 1. The number of aromatic nitrogens is 2. The smallest absolute Gasteiger partial charge is 0.315 e. The van der Waals surface area contributed by atoms with Gasteiger partial charge in [-0.3, -0.25) is 0 Å². The lowest BCUT2D eigenvalue weighted by Crippen LogP contribution is -2.07. The average molecular weight is 206 g/mol. The van der Waals surface area contributed by atoms with Gasteiger partial charge in [0, 0.05) is 26.0 Å². The van der Waals surface area contributed by atoms with E-state index < -0.39 is 0 Å². The molecule has 13 heavy (non-hydrogen) atoms. The third-order valence-electron chi connectivity index (χ3n) is 1.36. The highest BCUT2D eigenvalue weighted by atomic mass is 35.5. The van der Waals surface area contributed by atoms with Crippen LogP contribution in [0.5, 0.6) is 0 Å². The van der Waals surface area contributed by atoms with Gasteiger partial charge in [-0.2, -0.15) is 0 Å². The molecule has 0 spiro atoms. The van der Waals surface area contributed by atoms with Crippen LogP contribution in [0.25, 0.3) is 0 Å². The number of nitrogens with one attached hydrogen (secondary N) is 1. The fourth-order valence-corrected chi connectivity index (χ4v) is 0.929. The van der Waals surface area contributed by atoms with Gasteiger partial charge in [0.1, 0.15) is 0 Å². The van der Waals surface area contributed by atoms with Crippen LogP contribution in [0.15, 0.2) is 4.42 Å². The van der Waals surface area contributed by atoms with E-state index in [0.29, 0.717) is 37.4 Å². The highest BCUT2D eigenvalue weighted by Gasteiger charge is 2.03. The van der Waals surface area contributed by atoms with E-state index >= 15 is 0 Å². The number of aryl methyl sites for hydroxylation is 1. The third-order valence-corrected chi connectivity index (χ3v) is 1.55. The zero-order chi connectivity index (χ0) is 9.52. The van der Waals surface area contributed by atoms with Crippen LogP contribution >= 0.6 is 11.6 Å². The molecule has 0 amide bonds. The van der Waals surface area contributed by atoms with Crippen molar-refractivity contribution in [3.8, 4) is 0 Å². The first-order valence-corrected chi connectivity index (χ1v) is 4.51. The lowest BCUT2D eigenvalue weighted by molar-refractivity contribution is 0.210. The summed E-state index contributed by atoms with van der Waals surface area (Å²) in [4.78, 5) is 0. The maximum absolute atomic E-state index is 5.50. The summed E-state index contributed by atoms with van der Waals surface area (Å²) in [6.07, 6.45) is 0.598. The Bertz CT molecular complexity index is 241. The number of hydrogen-bond donors (Lipinski definition) is 1. The number of rotatable bonds is 6. The van der Waals surface area contributed by atoms with Gasteiger partial charge in [-0.05, 0) is 0 Å². The second kappa shape index (κ2) is 5.77. The van der Waals surface area contributed by atoms with Gasteiger partial charge in [-0.15, -0.1) is 16.7 Å². The van der Waals surface area contributed by atoms with Crippen LogP contribution in [0.2, 0.25) is 0 Å². The van der Waals surface area contributed by atoms with E-state index in [2.05, 4.69) is 15.5 Å². The molecule has 1 N–H and O–H groups in total. The largest absolute Gasteiger partial charge is 0.408 e. The molecule has 0 aliphatic rings. The lowest BCUT2D eigenvalue weighted by atomic mass is 10.5. The van der Waals surface area contributed by atoms with Crippen LogP contribution in [0, 0.1) is 0 Å². The first kappa shape index (κ1) is 10.3. The second-order valence-electron chi connectivity index (χ2n) is 2.36. The molecule has 0 unspecified atom stereocenters. The standard InChI is InChI=1S/C7H12ClN3O2/c1-12-5-4-9-7-11-10-6(13-7)2-3-8/h2-5H2,1H3,(H,9,11). The highest BCUT2D eigenvalue weighted by Crippen LogP contribution is 2.05. The molecule has 1 aromatic rings.